The molecule has 0 saturated carbocycles. The van der Waals surface area contributed by atoms with Crippen LogP contribution >= 0.6 is 11.6 Å². The Morgan fingerprint density at radius 3 is 2.74 bits per heavy atom. The Kier molecular flexibility index (Phi) is 5.58. The molecule has 1 heterocycles. The molecule has 2 aromatic rings. The molecule has 1 aromatic carbocycles. The summed E-state index contributed by atoms with van der Waals surface area (Å²) in [7, 11) is 3.90. The van der Waals surface area contributed by atoms with E-state index in [1.807, 2.05) is 44.1 Å². The fraction of sp³-hybridized carbons (Fsp3) is 0.294. The van der Waals surface area contributed by atoms with Gasteiger partial charge in [0.2, 0.25) is 0 Å². The number of nitrogens with zero attached hydrogens (tertiary/aromatic N) is 1. The lowest BCUT2D eigenvalue weighted by molar-refractivity contribution is 0.0940. The fourth-order valence-electron chi connectivity index (χ4n) is 2.39. The Morgan fingerprint density at radius 1 is 1.35 bits per heavy atom. The Labute approximate surface area is 140 Å². The van der Waals surface area contributed by atoms with E-state index in [-0.39, 0.29) is 11.6 Å². The zero-order valence-corrected chi connectivity index (χ0v) is 14.1. The molecule has 0 fully saturated rings. The smallest absolute Gasteiger partial charge is 0.260 e. The van der Waals surface area contributed by atoms with Crippen molar-refractivity contribution in [2.75, 3.05) is 20.6 Å². The summed E-state index contributed by atoms with van der Waals surface area (Å²) < 4.78 is 0. The first-order valence-corrected chi connectivity index (χ1v) is 7.65. The predicted molar refractivity (Wildman–Crippen MR) is 92.0 cm³/mol. The lowest BCUT2D eigenvalue weighted by Crippen LogP contribution is -2.36. The molecule has 0 aliphatic carbocycles. The summed E-state index contributed by atoms with van der Waals surface area (Å²) in [5.74, 6) is -0.437. The van der Waals surface area contributed by atoms with Crippen LogP contribution in [0.1, 0.15) is 27.5 Å². The molecule has 0 aliphatic rings. The number of likely N-dealkylation sites (N-methyl/N-ethyl adjacent to an activating group) is 1. The topological polar surface area (TPSA) is 65.2 Å². The van der Waals surface area contributed by atoms with E-state index in [9.17, 15) is 9.59 Å². The molecule has 2 N–H and O–H groups in total. The number of halogens is 1. The second-order valence-corrected chi connectivity index (χ2v) is 6.10. The van der Waals surface area contributed by atoms with Crippen LogP contribution in [0.4, 0.5) is 0 Å². The van der Waals surface area contributed by atoms with E-state index in [0.29, 0.717) is 11.6 Å². The lowest BCUT2D eigenvalue weighted by Gasteiger charge is -2.25. The summed E-state index contributed by atoms with van der Waals surface area (Å²) >= 11 is 5.83. The van der Waals surface area contributed by atoms with Crippen LogP contribution in [0, 0.1) is 6.92 Å². The largest absolute Gasteiger partial charge is 0.350 e. The molecule has 5 nitrogen and oxygen atoms in total. The van der Waals surface area contributed by atoms with Gasteiger partial charge >= 0.3 is 0 Å². The van der Waals surface area contributed by atoms with Gasteiger partial charge < -0.3 is 15.2 Å². The van der Waals surface area contributed by atoms with Crippen molar-refractivity contribution in [3.63, 3.8) is 0 Å². The van der Waals surface area contributed by atoms with Crippen molar-refractivity contribution in [3.05, 3.63) is 68.6 Å². The molecule has 0 saturated heterocycles. The van der Waals surface area contributed by atoms with E-state index in [2.05, 4.69) is 16.4 Å². The number of carbonyl (C=O) groups excluding carboxylic acids is 1. The van der Waals surface area contributed by atoms with Crippen LogP contribution in [0.25, 0.3) is 0 Å². The quantitative estimate of drug-likeness (QED) is 0.883. The van der Waals surface area contributed by atoms with Crippen molar-refractivity contribution < 1.29 is 4.79 Å². The van der Waals surface area contributed by atoms with Gasteiger partial charge in [-0.3, -0.25) is 9.59 Å². The molecule has 1 atom stereocenters. The van der Waals surface area contributed by atoms with E-state index in [0.717, 1.165) is 11.1 Å². The van der Waals surface area contributed by atoms with Crippen LogP contribution in [0.3, 0.4) is 0 Å². The minimum atomic E-state index is -0.455. The Balaban J connectivity index is 2.14. The third-order valence-electron chi connectivity index (χ3n) is 3.62. The third-order valence-corrected chi connectivity index (χ3v) is 3.84. The first-order chi connectivity index (χ1) is 10.9. The molecule has 0 radical (unpaired) electrons. The number of pyridine rings is 1. The van der Waals surface area contributed by atoms with Gasteiger partial charge in [0.1, 0.15) is 5.56 Å². The van der Waals surface area contributed by atoms with Crippen LogP contribution in [0.5, 0.6) is 0 Å². The molecule has 23 heavy (non-hydrogen) atoms. The number of aryl methyl sites for hydroxylation is 1. The summed E-state index contributed by atoms with van der Waals surface area (Å²) in [5, 5.41) is 3.12. The first kappa shape index (κ1) is 17.2. The summed E-state index contributed by atoms with van der Waals surface area (Å²) in [6, 6.07) is 9.51. The highest BCUT2D eigenvalue weighted by atomic mass is 35.5. The van der Waals surface area contributed by atoms with Crippen LogP contribution in [0.15, 0.2) is 41.3 Å². The minimum absolute atomic E-state index is 0.0112. The van der Waals surface area contributed by atoms with Gasteiger partial charge in [-0.2, -0.15) is 0 Å². The molecule has 1 aromatic heterocycles. The Morgan fingerprint density at radius 2 is 2.09 bits per heavy atom. The number of carbonyl (C=O) groups is 1. The number of aromatic amines is 1. The Bertz CT molecular complexity index is 755. The number of aromatic nitrogens is 1. The van der Waals surface area contributed by atoms with Gasteiger partial charge in [0.05, 0.1) is 11.1 Å². The maximum atomic E-state index is 12.2. The normalized spacial score (nSPS) is 12.2. The molecule has 0 aliphatic heterocycles. The average Bonchev–Trinajstić information content (AvgIpc) is 2.49. The molecule has 6 heteroatoms. The van der Waals surface area contributed by atoms with Gasteiger partial charge in [-0.05, 0) is 32.6 Å². The molecular formula is C17H20ClN3O2. The molecule has 122 valence electrons. The molecule has 0 unspecified atom stereocenters. The second kappa shape index (κ2) is 7.44. The zero-order valence-electron chi connectivity index (χ0n) is 13.4. The highest BCUT2D eigenvalue weighted by Crippen LogP contribution is 2.18. The molecule has 0 bridgehead atoms. The fourth-order valence-corrected chi connectivity index (χ4v) is 2.55. The van der Waals surface area contributed by atoms with Gasteiger partial charge in [0.25, 0.3) is 11.5 Å². The number of hydrogen-bond donors (Lipinski definition) is 2. The predicted octanol–water partition coefficient (Wildman–Crippen LogP) is 2.37. The SMILES string of the molecule is Cc1cccc([C@H](CNC(=O)c2cc(Cl)c[nH]c2=O)N(C)C)c1. The van der Waals surface area contributed by atoms with Crippen molar-refractivity contribution in [1.29, 1.82) is 0 Å². The van der Waals surface area contributed by atoms with Crippen molar-refractivity contribution in [1.82, 2.24) is 15.2 Å². The van der Waals surface area contributed by atoms with E-state index in [1.165, 1.54) is 12.3 Å². The molecular weight excluding hydrogens is 314 g/mol. The summed E-state index contributed by atoms with van der Waals surface area (Å²) in [6.07, 6.45) is 1.36. The van der Waals surface area contributed by atoms with Crippen LogP contribution in [-0.4, -0.2) is 36.4 Å². The standard InChI is InChI=1S/C17H20ClN3O2/c1-11-5-4-6-12(7-11)15(21(2)3)10-20-17(23)14-8-13(18)9-19-16(14)22/h4-9,15H,10H2,1-3H3,(H,19,22)(H,20,23)/t15-/m0/s1. The number of H-pyrrole nitrogens is 1. The van der Waals surface area contributed by atoms with Crippen LogP contribution < -0.4 is 10.9 Å². The summed E-state index contributed by atoms with van der Waals surface area (Å²) in [6.45, 7) is 2.42. The van der Waals surface area contributed by atoms with E-state index >= 15 is 0 Å². The van der Waals surface area contributed by atoms with Gasteiger partial charge in [-0.1, -0.05) is 41.4 Å². The van der Waals surface area contributed by atoms with E-state index in [4.69, 9.17) is 11.6 Å². The van der Waals surface area contributed by atoms with Crippen LogP contribution in [0.2, 0.25) is 5.02 Å². The number of nitrogens with one attached hydrogen (secondary N) is 2. The Hall–Kier alpha value is -2.11. The van der Waals surface area contributed by atoms with E-state index < -0.39 is 11.5 Å². The lowest BCUT2D eigenvalue weighted by atomic mass is 10.0. The van der Waals surface area contributed by atoms with Gasteiger partial charge in [-0.15, -0.1) is 0 Å². The van der Waals surface area contributed by atoms with Crippen molar-refractivity contribution in [2.24, 2.45) is 0 Å². The third kappa shape index (κ3) is 4.43. The monoisotopic (exact) mass is 333 g/mol. The van der Waals surface area contributed by atoms with E-state index in [1.54, 1.807) is 0 Å². The van der Waals surface area contributed by atoms with Crippen molar-refractivity contribution in [2.45, 2.75) is 13.0 Å². The highest BCUT2D eigenvalue weighted by molar-refractivity contribution is 6.30. The summed E-state index contributed by atoms with van der Waals surface area (Å²) in [5.41, 5.74) is 1.82. The van der Waals surface area contributed by atoms with Gasteiger partial charge in [0.15, 0.2) is 0 Å². The summed E-state index contributed by atoms with van der Waals surface area (Å²) in [4.78, 5) is 28.4. The maximum absolute atomic E-state index is 12.2. The second-order valence-electron chi connectivity index (χ2n) is 5.66. The molecule has 0 spiro atoms. The number of rotatable bonds is 5. The molecule has 1 amide bonds. The number of amides is 1. The highest BCUT2D eigenvalue weighted by Gasteiger charge is 2.17. The number of hydrogen-bond acceptors (Lipinski definition) is 3. The van der Waals surface area contributed by atoms with Crippen molar-refractivity contribution in [3.8, 4) is 0 Å². The van der Waals surface area contributed by atoms with Crippen LogP contribution in [-0.2, 0) is 0 Å². The first-order valence-electron chi connectivity index (χ1n) is 7.28. The zero-order chi connectivity index (χ0) is 17.0. The van der Waals surface area contributed by atoms with Gasteiger partial charge in [-0.25, -0.2) is 0 Å². The minimum Gasteiger partial charge on any atom is -0.350 e. The molecule has 2 rings (SSSR count). The number of benzene rings is 1. The van der Waals surface area contributed by atoms with Crippen molar-refractivity contribution >= 4 is 17.5 Å². The van der Waals surface area contributed by atoms with Gasteiger partial charge in [0, 0.05) is 12.7 Å². The average molecular weight is 334 g/mol. The maximum Gasteiger partial charge on any atom is 0.260 e.